The third-order valence-electron chi connectivity index (χ3n) is 3.41. The summed E-state index contributed by atoms with van der Waals surface area (Å²) in [5.41, 5.74) is 2.25. The van der Waals surface area contributed by atoms with Crippen molar-refractivity contribution in [1.29, 1.82) is 0 Å². The summed E-state index contributed by atoms with van der Waals surface area (Å²) in [6.07, 6.45) is 4.79. The summed E-state index contributed by atoms with van der Waals surface area (Å²) >= 11 is 0. The van der Waals surface area contributed by atoms with Gasteiger partial charge < -0.3 is 10.6 Å². The maximum Gasteiger partial charge on any atom is 0.191 e. The smallest absolute Gasteiger partial charge is 0.191 e. The second-order valence-electron chi connectivity index (χ2n) is 4.96. The topological polar surface area (TPSA) is 54.2 Å². The van der Waals surface area contributed by atoms with Crippen LogP contribution in [-0.2, 0) is 6.54 Å². The Hall–Kier alpha value is -2.30. The molecule has 0 saturated heterocycles. The summed E-state index contributed by atoms with van der Waals surface area (Å²) in [6.45, 7) is 4.99. The molecule has 1 heterocycles. The Kier molecular flexibility index (Phi) is 5.37. The molecule has 0 radical (unpaired) electrons. The molecular weight excluding hydrogens is 262 g/mol. The zero-order valence-corrected chi connectivity index (χ0v) is 12.9. The minimum Gasteiger partial charge on any atom is -0.354 e. The first-order valence-electron chi connectivity index (χ1n) is 7.29. The number of benzene rings is 1. The number of rotatable bonds is 5. The number of aliphatic imine (C=N–C) groups is 1. The first kappa shape index (κ1) is 15.1. The van der Waals surface area contributed by atoms with Gasteiger partial charge in [0.2, 0.25) is 0 Å². The number of guanidine groups is 1. The molecule has 0 amide bonds. The molecule has 1 aromatic carbocycles. The predicted octanol–water partition coefficient (Wildman–Crippen LogP) is 2.34. The normalized spacial score (nSPS) is 13.0. The lowest BCUT2D eigenvalue weighted by Gasteiger charge is -2.17. The molecule has 0 aliphatic heterocycles. The van der Waals surface area contributed by atoms with E-state index in [0.717, 1.165) is 18.1 Å². The van der Waals surface area contributed by atoms with Gasteiger partial charge in [0.25, 0.3) is 0 Å². The molecule has 0 fully saturated rings. The van der Waals surface area contributed by atoms with E-state index < -0.39 is 0 Å². The predicted molar refractivity (Wildman–Crippen MR) is 86.7 cm³/mol. The van der Waals surface area contributed by atoms with E-state index in [-0.39, 0.29) is 0 Å². The molecule has 0 aliphatic carbocycles. The Morgan fingerprint density at radius 2 is 2.14 bits per heavy atom. The Bertz CT molecular complexity index is 574. The monoisotopic (exact) mass is 285 g/mol. The van der Waals surface area contributed by atoms with Gasteiger partial charge in [-0.25, -0.2) is 4.68 Å². The average molecular weight is 285 g/mol. The fourth-order valence-corrected chi connectivity index (χ4v) is 2.00. The highest BCUT2D eigenvalue weighted by Gasteiger charge is 2.06. The highest BCUT2D eigenvalue weighted by molar-refractivity contribution is 5.80. The number of nitrogens with one attached hydrogen (secondary N) is 2. The lowest BCUT2D eigenvalue weighted by molar-refractivity contribution is 0.624. The van der Waals surface area contributed by atoms with Crippen LogP contribution in [0.15, 0.2) is 47.7 Å². The van der Waals surface area contributed by atoms with Gasteiger partial charge in [-0.1, -0.05) is 25.1 Å². The van der Waals surface area contributed by atoms with E-state index in [2.05, 4.69) is 46.7 Å². The van der Waals surface area contributed by atoms with Crippen LogP contribution in [0.1, 0.15) is 25.8 Å². The molecule has 1 aromatic heterocycles. The second kappa shape index (κ2) is 7.47. The summed E-state index contributed by atoms with van der Waals surface area (Å²) in [6, 6.07) is 10.5. The minimum absolute atomic E-state index is 0.401. The van der Waals surface area contributed by atoms with Gasteiger partial charge in [0.15, 0.2) is 5.96 Å². The van der Waals surface area contributed by atoms with Gasteiger partial charge in [-0.15, -0.1) is 0 Å². The van der Waals surface area contributed by atoms with Crippen LogP contribution in [-0.4, -0.2) is 28.8 Å². The first-order chi connectivity index (χ1) is 10.2. The fourth-order valence-electron chi connectivity index (χ4n) is 2.00. The van der Waals surface area contributed by atoms with E-state index in [1.807, 2.05) is 29.1 Å². The van der Waals surface area contributed by atoms with Crippen molar-refractivity contribution in [2.24, 2.45) is 4.99 Å². The fraction of sp³-hybridized carbons (Fsp3) is 0.375. The van der Waals surface area contributed by atoms with E-state index in [1.165, 1.54) is 5.56 Å². The number of aromatic nitrogens is 2. The molecule has 5 nitrogen and oxygen atoms in total. The third kappa shape index (κ3) is 4.08. The number of hydrogen-bond acceptors (Lipinski definition) is 2. The van der Waals surface area contributed by atoms with Gasteiger partial charge >= 0.3 is 0 Å². The lowest BCUT2D eigenvalue weighted by atomic mass is 10.2. The maximum atomic E-state index is 4.30. The van der Waals surface area contributed by atoms with E-state index in [4.69, 9.17) is 0 Å². The Morgan fingerprint density at radius 1 is 1.33 bits per heavy atom. The largest absolute Gasteiger partial charge is 0.354 e. The molecule has 1 unspecified atom stereocenters. The Labute approximate surface area is 126 Å². The molecule has 21 heavy (non-hydrogen) atoms. The van der Waals surface area contributed by atoms with E-state index in [0.29, 0.717) is 12.6 Å². The molecular formula is C16H23N5. The van der Waals surface area contributed by atoms with Crippen molar-refractivity contribution >= 4 is 5.96 Å². The van der Waals surface area contributed by atoms with Gasteiger partial charge in [-0.05, 0) is 31.0 Å². The van der Waals surface area contributed by atoms with Crippen molar-refractivity contribution in [3.63, 3.8) is 0 Å². The second-order valence-corrected chi connectivity index (χ2v) is 4.96. The molecule has 2 N–H and O–H groups in total. The van der Waals surface area contributed by atoms with E-state index in [1.54, 1.807) is 13.2 Å². The summed E-state index contributed by atoms with van der Waals surface area (Å²) in [4.78, 5) is 4.26. The molecule has 0 bridgehead atoms. The van der Waals surface area contributed by atoms with E-state index in [9.17, 15) is 0 Å². The molecule has 0 saturated carbocycles. The van der Waals surface area contributed by atoms with Gasteiger partial charge in [0.1, 0.15) is 0 Å². The van der Waals surface area contributed by atoms with Crippen LogP contribution in [0.3, 0.4) is 0 Å². The molecule has 2 aromatic rings. The van der Waals surface area contributed by atoms with Crippen LogP contribution in [0.4, 0.5) is 0 Å². The van der Waals surface area contributed by atoms with Crippen molar-refractivity contribution in [3.05, 3.63) is 48.3 Å². The molecule has 0 spiro atoms. The minimum atomic E-state index is 0.401. The molecule has 2 rings (SSSR count). The van der Waals surface area contributed by atoms with Crippen LogP contribution >= 0.6 is 0 Å². The van der Waals surface area contributed by atoms with E-state index >= 15 is 0 Å². The molecule has 1 atom stereocenters. The van der Waals surface area contributed by atoms with Gasteiger partial charge in [0, 0.05) is 32.0 Å². The zero-order valence-electron chi connectivity index (χ0n) is 12.9. The summed E-state index contributed by atoms with van der Waals surface area (Å²) in [5, 5.41) is 11.0. The van der Waals surface area contributed by atoms with Crippen molar-refractivity contribution in [1.82, 2.24) is 20.4 Å². The lowest BCUT2D eigenvalue weighted by Crippen LogP contribution is -2.41. The summed E-state index contributed by atoms with van der Waals surface area (Å²) in [5.74, 6) is 0.819. The van der Waals surface area contributed by atoms with Crippen LogP contribution in [0, 0.1) is 0 Å². The van der Waals surface area contributed by atoms with Crippen LogP contribution < -0.4 is 10.6 Å². The summed E-state index contributed by atoms with van der Waals surface area (Å²) in [7, 11) is 1.79. The molecule has 112 valence electrons. The van der Waals surface area contributed by atoms with Crippen molar-refractivity contribution in [3.8, 4) is 5.69 Å². The Morgan fingerprint density at radius 3 is 2.81 bits per heavy atom. The first-order valence-corrected chi connectivity index (χ1v) is 7.29. The van der Waals surface area contributed by atoms with Crippen LogP contribution in [0.25, 0.3) is 5.69 Å². The van der Waals surface area contributed by atoms with Gasteiger partial charge in [-0.2, -0.15) is 5.10 Å². The van der Waals surface area contributed by atoms with Gasteiger partial charge in [0.05, 0.1) is 5.69 Å². The number of nitrogens with zero attached hydrogens (tertiary/aromatic N) is 3. The highest BCUT2D eigenvalue weighted by atomic mass is 15.3. The SMILES string of the molecule is CCC(C)NC(=NC)NCc1ccccc1-n1cccn1. The average Bonchev–Trinajstić information content (AvgIpc) is 3.05. The Balaban J connectivity index is 2.07. The summed E-state index contributed by atoms with van der Waals surface area (Å²) < 4.78 is 1.88. The quantitative estimate of drug-likeness (QED) is 0.655. The standard InChI is InChI=1S/C16H23N5/c1-4-13(2)20-16(17-3)18-12-14-8-5-6-9-15(14)21-11-7-10-19-21/h5-11,13H,4,12H2,1-3H3,(H2,17,18,20). The number of hydrogen-bond donors (Lipinski definition) is 2. The molecule has 5 heteroatoms. The molecule has 0 aliphatic rings. The van der Waals surface area contributed by atoms with Crippen molar-refractivity contribution in [2.45, 2.75) is 32.9 Å². The van der Waals surface area contributed by atoms with Crippen molar-refractivity contribution in [2.75, 3.05) is 7.05 Å². The van der Waals surface area contributed by atoms with Crippen LogP contribution in [0.5, 0.6) is 0 Å². The highest BCUT2D eigenvalue weighted by Crippen LogP contribution is 2.12. The van der Waals surface area contributed by atoms with Crippen molar-refractivity contribution < 1.29 is 0 Å². The zero-order chi connectivity index (χ0) is 15.1. The number of para-hydroxylation sites is 1. The maximum absolute atomic E-state index is 4.30. The third-order valence-corrected chi connectivity index (χ3v) is 3.41. The van der Waals surface area contributed by atoms with Gasteiger partial charge in [-0.3, -0.25) is 4.99 Å². The van der Waals surface area contributed by atoms with Crippen LogP contribution in [0.2, 0.25) is 0 Å².